The zero-order valence-electron chi connectivity index (χ0n) is 14.4. The molecule has 4 rings (SSSR count). The fourth-order valence-corrected chi connectivity index (χ4v) is 3.06. The topological polar surface area (TPSA) is 120 Å². The molecule has 0 atom stereocenters. The zero-order chi connectivity index (χ0) is 20.4. The standard InChI is InChI=1S/C14H15N5OS.C2HF3O2/c15-9-14(3-4-14)12-7-19(18-17-12)8-13-16-6-10(20-13)11-2-1-5-21-11;3-2(4,5)1(6)7/h1-2,5-7H,3-4,8-9,15H2;(H,6,7). The molecule has 1 aliphatic carbocycles. The fraction of sp³-hybridized carbons (Fsp3) is 0.375. The number of carbonyl (C=O) groups is 1. The van der Waals surface area contributed by atoms with Crippen LogP contribution in [0.15, 0.2) is 34.3 Å². The van der Waals surface area contributed by atoms with Crippen molar-refractivity contribution in [1.29, 1.82) is 0 Å². The summed E-state index contributed by atoms with van der Waals surface area (Å²) < 4.78 is 39.2. The van der Waals surface area contributed by atoms with E-state index in [1.807, 2.05) is 23.7 Å². The lowest BCUT2D eigenvalue weighted by molar-refractivity contribution is -0.192. The Bertz CT molecular complexity index is 932. The number of aromatic nitrogens is 4. The van der Waals surface area contributed by atoms with Crippen molar-refractivity contribution in [2.75, 3.05) is 6.54 Å². The average molecular weight is 415 g/mol. The molecule has 28 heavy (non-hydrogen) atoms. The minimum Gasteiger partial charge on any atom is -0.475 e. The van der Waals surface area contributed by atoms with E-state index in [9.17, 15) is 13.2 Å². The van der Waals surface area contributed by atoms with Crippen molar-refractivity contribution in [1.82, 2.24) is 20.0 Å². The smallest absolute Gasteiger partial charge is 0.475 e. The van der Waals surface area contributed by atoms with Crippen LogP contribution >= 0.6 is 11.3 Å². The number of rotatable bonds is 5. The van der Waals surface area contributed by atoms with Crippen molar-refractivity contribution in [2.45, 2.75) is 31.0 Å². The van der Waals surface area contributed by atoms with E-state index >= 15 is 0 Å². The van der Waals surface area contributed by atoms with Gasteiger partial charge < -0.3 is 15.3 Å². The molecule has 0 amide bonds. The predicted octanol–water partition coefficient (Wildman–Crippen LogP) is 2.67. The van der Waals surface area contributed by atoms with Gasteiger partial charge in [-0.05, 0) is 24.3 Å². The Balaban J connectivity index is 0.000000279. The molecule has 1 aliphatic rings. The largest absolute Gasteiger partial charge is 0.490 e. The third-order valence-corrected chi connectivity index (χ3v) is 5.07. The first-order valence-corrected chi connectivity index (χ1v) is 9.01. The van der Waals surface area contributed by atoms with Gasteiger partial charge in [-0.15, -0.1) is 16.4 Å². The van der Waals surface area contributed by atoms with Crippen LogP contribution in [-0.2, 0) is 16.8 Å². The van der Waals surface area contributed by atoms with Gasteiger partial charge in [-0.2, -0.15) is 13.2 Å². The summed E-state index contributed by atoms with van der Waals surface area (Å²) in [5.41, 5.74) is 6.86. The minimum atomic E-state index is -5.08. The molecule has 1 fully saturated rings. The molecule has 3 N–H and O–H groups in total. The summed E-state index contributed by atoms with van der Waals surface area (Å²) in [6, 6.07) is 4.01. The van der Waals surface area contributed by atoms with Crippen molar-refractivity contribution in [3.63, 3.8) is 0 Å². The molecule has 1 saturated carbocycles. The number of nitrogens with zero attached hydrogens (tertiary/aromatic N) is 4. The lowest BCUT2D eigenvalue weighted by Crippen LogP contribution is -2.21. The van der Waals surface area contributed by atoms with Crippen LogP contribution in [-0.4, -0.2) is 43.8 Å². The van der Waals surface area contributed by atoms with Gasteiger partial charge >= 0.3 is 12.1 Å². The summed E-state index contributed by atoms with van der Waals surface area (Å²) in [5, 5.41) is 17.5. The van der Waals surface area contributed by atoms with Gasteiger partial charge in [-0.3, -0.25) is 0 Å². The first-order chi connectivity index (χ1) is 13.2. The second-order valence-corrected chi connectivity index (χ2v) is 7.13. The summed E-state index contributed by atoms with van der Waals surface area (Å²) in [7, 11) is 0. The second kappa shape index (κ2) is 7.72. The minimum absolute atomic E-state index is 0.0664. The number of hydrogen-bond acceptors (Lipinski definition) is 7. The molecule has 0 aromatic carbocycles. The third kappa shape index (κ3) is 4.57. The molecular weight excluding hydrogens is 399 g/mol. The van der Waals surface area contributed by atoms with Crippen molar-refractivity contribution in [2.24, 2.45) is 5.73 Å². The van der Waals surface area contributed by atoms with Gasteiger partial charge in [-0.25, -0.2) is 14.5 Å². The molecular formula is C16H16F3N5O3S. The van der Waals surface area contributed by atoms with E-state index in [1.165, 1.54) is 0 Å². The highest BCUT2D eigenvalue weighted by Crippen LogP contribution is 2.46. The Kier molecular flexibility index (Phi) is 5.52. The Morgan fingerprint density at radius 3 is 2.68 bits per heavy atom. The van der Waals surface area contributed by atoms with Crippen LogP contribution in [0.3, 0.4) is 0 Å². The lowest BCUT2D eigenvalue weighted by Gasteiger charge is -2.05. The van der Waals surface area contributed by atoms with Crippen molar-refractivity contribution < 1.29 is 27.5 Å². The van der Waals surface area contributed by atoms with E-state index in [0.717, 1.165) is 29.2 Å². The Morgan fingerprint density at radius 2 is 2.14 bits per heavy atom. The normalized spacial score (nSPS) is 15.0. The summed E-state index contributed by atoms with van der Waals surface area (Å²) in [5.74, 6) is -1.33. The number of carboxylic acids is 1. The second-order valence-electron chi connectivity index (χ2n) is 6.18. The maximum absolute atomic E-state index is 10.6. The molecule has 12 heteroatoms. The lowest BCUT2D eigenvalue weighted by atomic mass is 10.0. The van der Waals surface area contributed by atoms with Gasteiger partial charge in [0.2, 0.25) is 5.89 Å². The van der Waals surface area contributed by atoms with Crippen LogP contribution in [0.2, 0.25) is 0 Å². The molecule has 0 unspecified atom stereocenters. The Morgan fingerprint density at radius 1 is 1.43 bits per heavy atom. The number of oxazole rings is 1. The van der Waals surface area contributed by atoms with Gasteiger partial charge in [0.15, 0.2) is 5.76 Å². The molecule has 3 aromatic heterocycles. The average Bonchev–Trinajstić information content (AvgIpc) is 3.08. The quantitative estimate of drug-likeness (QED) is 0.657. The summed E-state index contributed by atoms with van der Waals surface area (Å²) >= 11 is 1.63. The number of aliphatic carboxylic acids is 1. The van der Waals surface area contributed by atoms with Gasteiger partial charge in [0.1, 0.15) is 6.54 Å². The summed E-state index contributed by atoms with van der Waals surface area (Å²) in [6.07, 6.45) is 0.823. The van der Waals surface area contributed by atoms with Gasteiger partial charge in [0.05, 0.1) is 16.8 Å². The van der Waals surface area contributed by atoms with Crippen LogP contribution in [0, 0.1) is 0 Å². The number of thiophene rings is 1. The number of alkyl halides is 3. The highest BCUT2D eigenvalue weighted by atomic mass is 32.1. The van der Waals surface area contributed by atoms with Crippen molar-refractivity contribution >= 4 is 17.3 Å². The van der Waals surface area contributed by atoms with Crippen LogP contribution in [0.5, 0.6) is 0 Å². The maximum atomic E-state index is 10.6. The SMILES string of the molecule is NCC1(c2cn(Cc3ncc(-c4cccs4)o3)nn2)CC1.O=C(O)C(F)(F)F. The third-order valence-electron chi connectivity index (χ3n) is 4.18. The van der Waals surface area contributed by atoms with Crippen LogP contribution in [0.1, 0.15) is 24.4 Å². The molecule has 0 saturated heterocycles. The first-order valence-electron chi connectivity index (χ1n) is 8.13. The molecule has 3 heterocycles. The van der Waals surface area contributed by atoms with Crippen molar-refractivity contribution in [3.05, 3.63) is 41.5 Å². The van der Waals surface area contributed by atoms with E-state index in [-0.39, 0.29) is 5.41 Å². The molecule has 0 spiro atoms. The van der Waals surface area contributed by atoms with E-state index in [0.29, 0.717) is 19.0 Å². The molecule has 8 nitrogen and oxygen atoms in total. The molecule has 0 aliphatic heterocycles. The maximum Gasteiger partial charge on any atom is 0.490 e. The molecule has 3 aromatic rings. The van der Waals surface area contributed by atoms with Crippen LogP contribution in [0.4, 0.5) is 13.2 Å². The number of halogens is 3. The highest BCUT2D eigenvalue weighted by Gasteiger charge is 2.45. The van der Waals surface area contributed by atoms with Crippen LogP contribution < -0.4 is 5.73 Å². The predicted molar refractivity (Wildman–Crippen MR) is 92.6 cm³/mol. The van der Waals surface area contributed by atoms with Crippen molar-refractivity contribution in [3.8, 4) is 10.6 Å². The highest BCUT2D eigenvalue weighted by molar-refractivity contribution is 7.13. The van der Waals surface area contributed by atoms with Gasteiger partial charge in [0.25, 0.3) is 0 Å². The summed E-state index contributed by atoms with van der Waals surface area (Å²) in [4.78, 5) is 14.3. The van der Waals surface area contributed by atoms with Gasteiger partial charge in [-0.1, -0.05) is 11.3 Å². The monoisotopic (exact) mass is 415 g/mol. The Hall–Kier alpha value is -2.73. The zero-order valence-corrected chi connectivity index (χ0v) is 15.2. The van der Waals surface area contributed by atoms with E-state index < -0.39 is 12.1 Å². The number of nitrogens with two attached hydrogens (primary N) is 1. The van der Waals surface area contributed by atoms with Crippen LogP contribution in [0.25, 0.3) is 10.6 Å². The van der Waals surface area contributed by atoms with E-state index in [1.54, 1.807) is 22.2 Å². The Labute approximate surface area is 160 Å². The molecule has 150 valence electrons. The molecule has 0 radical (unpaired) electrons. The van der Waals surface area contributed by atoms with E-state index in [4.69, 9.17) is 20.1 Å². The fourth-order valence-electron chi connectivity index (χ4n) is 2.39. The first kappa shape index (κ1) is 20.0. The van der Waals surface area contributed by atoms with E-state index in [2.05, 4.69) is 15.3 Å². The summed E-state index contributed by atoms with van der Waals surface area (Å²) in [6.45, 7) is 1.12. The molecule has 0 bridgehead atoms. The number of hydrogen-bond donors (Lipinski definition) is 2. The van der Waals surface area contributed by atoms with Gasteiger partial charge in [0, 0.05) is 18.2 Å². The number of carboxylic acid groups (broad SMARTS) is 1.